The van der Waals surface area contributed by atoms with Gasteiger partial charge in [0.05, 0.1) is 13.0 Å². The van der Waals surface area contributed by atoms with Crippen LogP contribution in [0.5, 0.6) is 0 Å². The molecule has 2 aromatic rings. The smallest absolute Gasteiger partial charge is 0.307 e. The molecule has 3 rings (SSSR count). The number of fused-ring (bicyclic) bond motifs is 1. The van der Waals surface area contributed by atoms with Crippen molar-refractivity contribution in [3.63, 3.8) is 0 Å². The average Bonchev–Trinajstić information content (AvgIpc) is 2.58. The molecule has 1 amide bonds. The number of carbonyl (C=O) groups is 2. The molecule has 24 heavy (non-hydrogen) atoms. The van der Waals surface area contributed by atoms with Crippen LogP contribution in [0.2, 0.25) is 0 Å². The number of hydrogen-bond donors (Lipinski definition) is 1. The highest BCUT2D eigenvalue weighted by Gasteiger charge is 2.32. The quantitative estimate of drug-likeness (QED) is 0.855. The normalized spacial score (nSPS) is 18.4. The van der Waals surface area contributed by atoms with Crippen molar-refractivity contribution in [1.82, 2.24) is 10.2 Å². The monoisotopic (exact) mass is 326 g/mol. The molecule has 0 unspecified atom stereocenters. The molecule has 0 spiro atoms. The summed E-state index contributed by atoms with van der Waals surface area (Å²) in [7, 11) is 0. The highest BCUT2D eigenvalue weighted by molar-refractivity contribution is 5.87. The van der Waals surface area contributed by atoms with Crippen LogP contribution in [0.3, 0.4) is 0 Å². The van der Waals surface area contributed by atoms with Gasteiger partial charge in [-0.3, -0.25) is 14.5 Å². The zero-order valence-electron chi connectivity index (χ0n) is 13.8. The minimum atomic E-state index is -0.468. The Morgan fingerprint density at radius 3 is 2.83 bits per heavy atom. The summed E-state index contributed by atoms with van der Waals surface area (Å²) in [4.78, 5) is 26.0. The van der Waals surface area contributed by atoms with Crippen molar-refractivity contribution in [3.05, 3.63) is 48.0 Å². The van der Waals surface area contributed by atoms with E-state index in [1.165, 1.54) is 10.8 Å². The topological polar surface area (TPSA) is 58.6 Å². The lowest BCUT2D eigenvalue weighted by molar-refractivity contribution is -0.148. The number of esters is 1. The third kappa shape index (κ3) is 3.74. The largest absolute Gasteiger partial charge is 0.466 e. The van der Waals surface area contributed by atoms with Gasteiger partial charge in [-0.05, 0) is 29.3 Å². The number of piperazine rings is 1. The van der Waals surface area contributed by atoms with Crippen molar-refractivity contribution < 1.29 is 14.3 Å². The summed E-state index contributed by atoms with van der Waals surface area (Å²) in [5, 5.41) is 5.21. The van der Waals surface area contributed by atoms with Crippen molar-refractivity contribution in [2.24, 2.45) is 0 Å². The van der Waals surface area contributed by atoms with Crippen LogP contribution in [0.4, 0.5) is 0 Å². The van der Waals surface area contributed by atoms with E-state index in [1.54, 1.807) is 6.92 Å². The summed E-state index contributed by atoms with van der Waals surface area (Å²) in [6.07, 6.45) is 0.0905. The Morgan fingerprint density at radius 1 is 1.25 bits per heavy atom. The molecule has 5 nitrogen and oxygen atoms in total. The first kappa shape index (κ1) is 16.5. The van der Waals surface area contributed by atoms with E-state index in [0.717, 1.165) is 12.1 Å². The molecule has 126 valence electrons. The Balaban J connectivity index is 1.76. The summed E-state index contributed by atoms with van der Waals surface area (Å²) in [5.74, 6) is -0.432. The molecule has 1 aliphatic heterocycles. The van der Waals surface area contributed by atoms with Gasteiger partial charge in [-0.15, -0.1) is 0 Å². The number of ether oxygens (including phenoxy) is 1. The number of nitrogens with zero attached hydrogens (tertiary/aromatic N) is 1. The lowest BCUT2D eigenvalue weighted by Gasteiger charge is -2.34. The van der Waals surface area contributed by atoms with Crippen molar-refractivity contribution >= 4 is 22.6 Å². The van der Waals surface area contributed by atoms with Gasteiger partial charge in [0.1, 0.15) is 6.04 Å². The van der Waals surface area contributed by atoms with E-state index in [0.29, 0.717) is 19.7 Å². The molecular weight excluding hydrogens is 304 g/mol. The molecule has 0 aromatic heterocycles. The van der Waals surface area contributed by atoms with Gasteiger partial charge in [0.2, 0.25) is 5.91 Å². The van der Waals surface area contributed by atoms with Crippen LogP contribution < -0.4 is 5.32 Å². The summed E-state index contributed by atoms with van der Waals surface area (Å²) >= 11 is 0. The van der Waals surface area contributed by atoms with Crippen LogP contribution in [0.1, 0.15) is 18.9 Å². The second-order valence-corrected chi connectivity index (χ2v) is 5.97. The van der Waals surface area contributed by atoms with E-state index < -0.39 is 6.04 Å². The number of carbonyl (C=O) groups excluding carboxylic acids is 2. The van der Waals surface area contributed by atoms with Gasteiger partial charge in [-0.2, -0.15) is 0 Å². The van der Waals surface area contributed by atoms with Crippen LogP contribution in [-0.2, 0) is 20.9 Å². The Bertz CT molecular complexity index is 744. The SMILES string of the molecule is CCOC(=O)C[C@@H]1C(=O)NCCN1Cc1ccc2ccccc2c1. The predicted octanol–water partition coefficient (Wildman–Crippen LogP) is 2.09. The van der Waals surface area contributed by atoms with Crippen molar-refractivity contribution in [2.75, 3.05) is 19.7 Å². The Hall–Kier alpha value is -2.40. The maximum absolute atomic E-state index is 12.2. The van der Waals surface area contributed by atoms with E-state index in [1.807, 2.05) is 12.1 Å². The number of nitrogens with one attached hydrogen (secondary N) is 1. The van der Waals surface area contributed by atoms with E-state index in [2.05, 4.69) is 40.5 Å². The van der Waals surface area contributed by atoms with Gasteiger partial charge < -0.3 is 10.1 Å². The molecule has 1 fully saturated rings. The number of hydrogen-bond acceptors (Lipinski definition) is 4. The summed E-state index contributed by atoms with van der Waals surface area (Å²) in [6.45, 7) is 4.07. The van der Waals surface area contributed by atoms with Crippen LogP contribution in [0.25, 0.3) is 10.8 Å². The first-order valence-electron chi connectivity index (χ1n) is 8.32. The third-order valence-corrected chi connectivity index (χ3v) is 4.31. The van der Waals surface area contributed by atoms with Crippen LogP contribution >= 0.6 is 0 Å². The lowest BCUT2D eigenvalue weighted by atomic mass is 10.0. The fourth-order valence-electron chi connectivity index (χ4n) is 3.12. The second kappa shape index (κ2) is 7.45. The number of benzene rings is 2. The number of amides is 1. The number of rotatable bonds is 5. The summed E-state index contributed by atoms with van der Waals surface area (Å²) in [5.41, 5.74) is 1.14. The van der Waals surface area contributed by atoms with Gasteiger partial charge >= 0.3 is 5.97 Å². The fraction of sp³-hybridized carbons (Fsp3) is 0.368. The van der Waals surface area contributed by atoms with Crippen LogP contribution in [0.15, 0.2) is 42.5 Å². The van der Waals surface area contributed by atoms with Crippen LogP contribution in [-0.4, -0.2) is 42.5 Å². The highest BCUT2D eigenvalue weighted by atomic mass is 16.5. The second-order valence-electron chi connectivity index (χ2n) is 5.97. The standard InChI is InChI=1S/C19H22N2O3/c1-2-24-18(22)12-17-19(23)20-9-10-21(17)13-14-7-8-15-5-3-4-6-16(15)11-14/h3-8,11,17H,2,9-10,12-13H2,1H3,(H,20,23)/t17-/m1/s1. The molecule has 0 bridgehead atoms. The first-order chi connectivity index (χ1) is 11.7. The predicted molar refractivity (Wildman–Crippen MR) is 92.4 cm³/mol. The molecule has 0 radical (unpaired) electrons. The molecule has 1 N–H and O–H groups in total. The Kier molecular flexibility index (Phi) is 5.11. The van der Waals surface area contributed by atoms with Gasteiger partial charge in [0.25, 0.3) is 0 Å². The van der Waals surface area contributed by atoms with E-state index >= 15 is 0 Å². The maximum atomic E-state index is 12.2. The van der Waals surface area contributed by atoms with Crippen molar-refractivity contribution in [1.29, 1.82) is 0 Å². The van der Waals surface area contributed by atoms with Gasteiger partial charge in [-0.25, -0.2) is 0 Å². The maximum Gasteiger partial charge on any atom is 0.307 e. The minimum absolute atomic E-state index is 0.0905. The lowest BCUT2D eigenvalue weighted by Crippen LogP contribution is -2.55. The highest BCUT2D eigenvalue weighted by Crippen LogP contribution is 2.19. The molecule has 5 heteroatoms. The first-order valence-corrected chi connectivity index (χ1v) is 8.32. The Labute approximate surface area is 141 Å². The van der Waals surface area contributed by atoms with Gasteiger partial charge in [0.15, 0.2) is 0 Å². The Morgan fingerprint density at radius 2 is 2.04 bits per heavy atom. The molecule has 1 saturated heterocycles. The molecule has 1 atom stereocenters. The van der Waals surface area contributed by atoms with E-state index in [4.69, 9.17) is 4.74 Å². The molecule has 0 aliphatic carbocycles. The molecule has 1 heterocycles. The average molecular weight is 326 g/mol. The fourth-order valence-corrected chi connectivity index (χ4v) is 3.12. The van der Waals surface area contributed by atoms with Crippen LogP contribution in [0, 0.1) is 0 Å². The zero-order chi connectivity index (χ0) is 16.9. The molecule has 2 aromatic carbocycles. The van der Waals surface area contributed by atoms with Gasteiger partial charge in [-0.1, -0.05) is 36.4 Å². The molecular formula is C19H22N2O3. The third-order valence-electron chi connectivity index (χ3n) is 4.31. The molecule has 1 aliphatic rings. The van der Waals surface area contributed by atoms with Crippen molar-refractivity contribution in [2.45, 2.75) is 25.9 Å². The summed E-state index contributed by atoms with van der Waals surface area (Å²) < 4.78 is 5.00. The summed E-state index contributed by atoms with van der Waals surface area (Å²) in [6, 6.07) is 14.0. The molecule has 0 saturated carbocycles. The zero-order valence-corrected chi connectivity index (χ0v) is 13.8. The van der Waals surface area contributed by atoms with Gasteiger partial charge in [0, 0.05) is 19.6 Å². The van der Waals surface area contributed by atoms with E-state index in [9.17, 15) is 9.59 Å². The minimum Gasteiger partial charge on any atom is -0.466 e. The van der Waals surface area contributed by atoms with E-state index in [-0.39, 0.29) is 18.3 Å². The van der Waals surface area contributed by atoms with Crippen molar-refractivity contribution in [3.8, 4) is 0 Å².